The number of Topliss-reactive ketones (excluding diaryl/α,β-unsaturated/α-hetero) is 1. The summed E-state index contributed by atoms with van der Waals surface area (Å²) in [7, 11) is -0.180. The van der Waals surface area contributed by atoms with Crippen LogP contribution in [0.15, 0.2) is 42.2 Å². The molecule has 0 aliphatic rings. The van der Waals surface area contributed by atoms with E-state index in [9.17, 15) is 4.79 Å². The van der Waals surface area contributed by atoms with Crippen LogP contribution in [0.2, 0.25) is 19.6 Å². The Labute approximate surface area is 122 Å². The number of hydrogen-bond acceptors (Lipinski definition) is 3. The van der Waals surface area contributed by atoms with Crippen molar-refractivity contribution in [2.45, 2.75) is 39.1 Å². The standard InChI is InChI=1S/C16H24O3Si/c1-13(12-18-2)15(17)11-16(19-20(3,4)5)14-9-7-6-8-10-14/h6-10,12,16H,11H2,1-5H3/b13-12+. The Morgan fingerprint density at radius 3 is 2.35 bits per heavy atom. The predicted octanol–water partition coefficient (Wildman–Crippen LogP) is 4.09. The third-order valence-electron chi connectivity index (χ3n) is 2.77. The molecule has 0 aromatic heterocycles. The maximum atomic E-state index is 12.2. The number of carbonyl (C=O) groups is 1. The molecular formula is C16H24O3Si. The summed E-state index contributed by atoms with van der Waals surface area (Å²) >= 11 is 0. The number of hydrogen-bond donors (Lipinski definition) is 0. The lowest BCUT2D eigenvalue weighted by Gasteiger charge is -2.26. The summed E-state index contributed by atoms with van der Waals surface area (Å²) in [5.41, 5.74) is 1.67. The van der Waals surface area contributed by atoms with Gasteiger partial charge in [0.25, 0.3) is 0 Å². The molecular weight excluding hydrogens is 268 g/mol. The fourth-order valence-electron chi connectivity index (χ4n) is 1.89. The minimum atomic E-state index is -1.73. The van der Waals surface area contributed by atoms with Gasteiger partial charge in [0.05, 0.1) is 19.5 Å². The first-order valence-corrected chi connectivity index (χ1v) is 10.2. The average Bonchev–Trinajstić information content (AvgIpc) is 2.37. The van der Waals surface area contributed by atoms with Gasteiger partial charge in [0.15, 0.2) is 14.1 Å². The molecule has 20 heavy (non-hydrogen) atoms. The fraction of sp³-hybridized carbons (Fsp3) is 0.438. The molecule has 1 rings (SSSR count). The third kappa shape index (κ3) is 5.71. The van der Waals surface area contributed by atoms with Gasteiger partial charge in [-0.25, -0.2) is 0 Å². The van der Waals surface area contributed by atoms with Crippen molar-refractivity contribution in [2.24, 2.45) is 0 Å². The molecule has 0 saturated carbocycles. The van der Waals surface area contributed by atoms with E-state index < -0.39 is 8.32 Å². The molecule has 0 saturated heterocycles. The van der Waals surface area contributed by atoms with Crippen molar-refractivity contribution in [3.63, 3.8) is 0 Å². The molecule has 3 nitrogen and oxygen atoms in total. The van der Waals surface area contributed by atoms with Gasteiger partial charge < -0.3 is 9.16 Å². The smallest absolute Gasteiger partial charge is 0.184 e. The quantitative estimate of drug-likeness (QED) is 0.431. The summed E-state index contributed by atoms with van der Waals surface area (Å²) in [5.74, 6) is 0.0546. The van der Waals surface area contributed by atoms with Crippen molar-refractivity contribution in [1.82, 2.24) is 0 Å². The van der Waals surface area contributed by atoms with E-state index in [4.69, 9.17) is 9.16 Å². The van der Waals surface area contributed by atoms with E-state index in [1.807, 2.05) is 30.3 Å². The van der Waals surface area contributed by atoms with E-state index in [0.717, 1.165) is 5.56 Å². The first kappa shape index (κ1) is 16.7. The zero-order valence-electron chi connectivity index (χ0n) is 13.0. The summed E-state index contributed by atoms with van der Waals surface area (Å²) < 4.78 is 11.1. The number of ketones is 1. The number of ether oxygens (including phenoxy) is 1. The van der Waals surface area contributed by atoms with Crippen molar-refractivity contribution in [1.29, 1.82) is 0 Å². The van der Waals surface area contributed by atoms with Gasteiger partial charge in [0.1, 0.15) is 0 Å². The van der Waals surface area contributed by atoms with Gasteiger partial charge in [-0.15, -0.1) is 0 Å². The number of allylic oxidation sites excluding steroid dienone is 1. The molecule has 1 unspecified atom stereocenters. The van der Waals surface area contributed by atoms with Crippen molar-refractivity contribution in [2.75, 3.05) is 7.11 Å². The molecule has 0 amide bonds. The number of benzene rings is 1. The molecule has 0 radical (unpaired) electrons. The minimum absolute atomic E-state index is 0.0546. The molecule has 1 aromatic carbocycles. The van der Waals surface area contributed by atoms with Crippen LogP contribution in [-0.2, 0) is 14.0 Å². The molecule has 0 aliphatic carbocycles. The molecule has 0 bridgehead atoms. The lowest BCUT2D eigenvalue weighted by Crippen LogP contribution is -2.29. The van der Waals surface area contributed by atoms with Crippen LogP contribution >= 0.6 is 0 Å². The Balaban J connectivity index is 2.90. The zero-order valence-corrected chi connectivity index (χ0v) is 14.0. The topological polar surface area (TPSA) is 35.5 Å². The van der Waals surface area contributed by atoms with E-state index in [1.165, 1.54) is 6.26 Å². The van der Waals surface area contributed by atoms with Crippen molar-refractivity contribution < 1.29 is 14.0 Å². The van der Waals surface area contributed by atoms with Gasteiger partial charge in [-0.2, -0.15) is 0 Å². The minimum Gasteiger partial charge on any atom is -0.504 e. The van der Waals surface area contributed by atoms with Crippen LogP contribution in [-0.4, -0.2) is 21.2 Å². The summed E-state index contributed by atoms with van der Waals surface area (Å²) in [4.78, 5) is 12.2. The highest BCUT2D eigenvalue weighted by molar-refractivity contribution is 6.69. The lowest BCUT2D eigenvalue weighted by molar-refractivity contribution is -0.117. The Hall–Kier alpha value is -1.39. The average molecular weight is 292 g/mol. The highest BCUT2D eigenvalue weighted by atomic mass is 28.4. The number of carbonyl (C=O) groups excluding carboxylic acids is 1. The molecule has 110 valence electrons. The Bertz CT molecular complexity index is 460. The second-order valence-corrected chi connectivity index (χ2v) is 10.3. The van der Waals surface area contributed by atoms with Gasteiger partial charge in [-0.1, -0.05) is 30.3 Å². The van der Waals surface area contributed by atoms with Gasteiger partial charge in [-0.05, 0) is 32.1 Å². The summed E-state index contributed by atoms with van der Waals surface area (Å²) in [6, 6.07) is 9.92. The van der Waals surface area contributed by atoms with Crippen LogP contribution in [0.25, 0.3) is 0 Å². The number of methoxy groups -OCH3 is 1. The molecule has 1 atom stereocenters. The normalized spacial score (nSPS) is 13.9. The van der Waals surface area contributed by atoms with E-state index in [-0.39, 0.29) is 11.9 Å². The first-order chi connectivity index (χ1) is 9.33. The van der Waals surface area contributed by atoms with Gasteiger partial charge >= 0.3 is 0 Å². The summed E-state index contributed by atoms with van der Waals surface area (Å²) in [5, 5.41) is 0. The largest absolute Gasteiger partial charge is 0.504 e. The highest BCUT2D eigenvalue weighted by Gasteiger charge is 2.24. The van der Waals surface area contributed by atoms with Crippen LogP contribution in [0.4, 0.5) is 0 Å². The van der Waals surface area contributed by atoms with E-state index in [0.29, 0.717) is 12.0 Å². The van der Waals surface area contributed by atoms with Crippen LogP contribution < -0.4 is 0 Å². The predicted molar refractivity (Wildman–Crippen MR) is 84.0 cm³/mol. The lowest BCUT2D eigenvalue weighted by atomic mass is 10.0. The van der Waals surface area contributed by atoms with Crippen molar-refractivity contribution in [3.8, 4) is 0 Å². The monoisotopic (exact) mass is 292 g/mol. The Morgan fingerprint density at radius 1 is 1.25 bits per heavy atom. The number of rotatable bonds is 7. The molecule has 0 fully saturated rings. The van der Waals surface area contributed by atoms with Crippen LogP contribution in [0.1, 0.15) is 25.0 Å². The molecule has 0 heterocycles. The second-order valence-electron chi connectivity index (χ2n) is 5.79. The van der Waals surface area contributed by atoms with Crippen LogP contribution in [0.3, 0.4) is 0 Å². The Morgan fingerprint density at radius 2 is 1.85 bits per heavy atom. The van der Waals surface area contributed by atoms with Gasteiger partial charge in [0, 0.05) is 12.0 Å². The third-order valence-corrected chi connectivity index (χ3v) is 3.76. The molecule has 4 heteroatoms. The fourth-order valence-corrected chi connectivity index (χ4v) is 2.97. The Kier molecular flexibility index (Phi) is 6.17. The first-order valence-electron chi connectivity index (χ1n) is 6.79. The van der Waals surface area contributed by atoms with E-state index in [2.05, 4.69) is 19.6 Å². The van der Waals surface area contributed by atoms with E-state index >= 15 is 0 Å². The van der Waals surface area contributed by atoms with Crippen molar-refractivity contribution >= 4 is 14.1 Å². The van der Waals surface area contributed by atoms with Gasteiger partial charge in [-0.3, -0.25) is 4.79 Å². The van der Waals surface area contributed by atoms with Crippen LogP contribution in [0.5, 0.6) is 0 Å². The summed E-state index contributed by atoms with van der Waals surface area (Å²) in [6.45, 7) is 8.16. The molecule has 0 N–H and O–H groups in total. The van der Waals surface area contributed by atoms with Crippen LogP contribution in [0, 0.1) is 0 Å². The highest BCUT2D eigenvalue weighted by Crippen LogP contribution is 2.26. The maximum Gasteiger partial charge on any atom is 0.184 e. The maximum absolute atomic E-state index is 12.2. The van der Waals surface area contributed by atoms with Gasteiger partial charge in [0.2, 0.25) is 0 Å². The molecule has 0 aliphatic heterocycles. The summed E-state index contributed by atoms with van der Waals surface area (Å²) in [6.07, 6.45) is 1.65. The second kappa shape index (κ2) is 7.41. The molecule has 0 spiro atoms. The van der Waals surface area contributed by atoms with Crippen molar-refractivity contribution in [3.05, 3.63) is 47.7 Å². The molecule has 1 aromatic rings. The SMILES string of the molecule is CO/C=C(\C)C(=O)CC(O[Si](C)(C)C)c1ccccc1. The zero-order chi connectivity index (χ0) is 15.2. The van der Waals surface area contributed by atoms with E-state index in [1.54, 1.807) is 14.0 Å².